The molecule has 0 aliphatic heterocycles. The molecule has 6 heteroatoms. The number of methoxy groups -OCH3 is 1. The fourth-order valence-electron chi connectivity index (χ4n) is 2.15. The lowest BCUT2D eigenvalue weighted by Gasteiger charge is -2.09. The number of benzene rings is 1. The summed E-state index contributed by atoms with van der Waals surface area (Å²) < 4.78 is 24.9. The average Bonchev–Trinajstić information content (AvgIpc) is 2.97. The standard InChI is InChI=1S/C16H13FN2O3/c1-21-16(20)14-3-2-4-15-18-9-12(19(14)15)10-22-13-7-5-11(17)6-8-13/h2-9H,10H2,1H3. The molecule has 2 heterocycles. The predicted molar refractivity (Wildman–Crippen MR) is 77.3 cm³/mol. The topological polar surface area (TPSA) is 52.8 Å². The van der Waals surface area contributed by atoms with E-state index in [0.29, 0.717) is 22.8 Å². The Hall–Kier alpha value is -2.89. The zero-order chi connectivity index (χ0) is 15.5. The van der Waals surface area contributed by atoms with Crippen molar-refractivity contribution < 1.29 is 18.7 Å². The maximum Gasteiger partial charge on any atom is 0.355 e. The predicted octanol–water partition coefficient (Wildman–Crippen LogP) is 2.84. The number of fused-ring (bicyclic) bond motifs is 1. The normalized spacial score (nSPS) is 10.6. The summed E-state index contributed by atoms with van der Waals surface area (Å²) in [6.07, 6.45) is 1.63. The number of carbonyl (C=O) groups excluding carboxylic acids is 1. The molecule has 0 aliphatic carbocycles. The molecule has 3 aromatic rings. The van der Waals surface area contributed by atoms with Gasteiger partial charge < -0.3 is 9.47 Å². The Morgan fingerprint density at radius 2 is 2.00 bits per heavy atom. The molecule has 5 nitrogen and oxygen atoms in total. The Kier molecular flexibility index (Phi) is 3.74. The summed E-state index contributed by atoms with van der Waals surface area (Å²) in [6, 6.07) is 10.9. The molecule has 22 heavy (non-hydrogen) atoms. The van der Waals surface area contributed by atoms with Gasteiger partial charge in [0.05, 0.1) is 19.0 Å². The van der Waals surface area contributed by atoms with Crippen LogP contribution in [0, 0.1) is 5.82 Å². The lowest BCUT2D eigenvalue weighted by atomic mass is 10.3. The number of carbonyl (C=O) groups is 1. The van der Waals surface area contributed by atoms with Gasteiger partial charge in [0.2, 0.25) is 0 Å². The third-order valence-corrected chi connectivity index (χ3v) is 3.20. The molecule has 0 spiro atoms. The Morgan fingerprint density at radius 1 is 1.23 bits per heavy atom. The van der Waals surface area contributed by atoms with Crippen molar-refractivity contribution in [3.05, 3.63) is 65.9 Å². The molecular formula is C16H13FN2O3. The van der Waals surface area contributed by atoms with Gasteiger partial charge in [0.25, 0.3) is 0 Å². The van der Waals surface area contributed by atoms with E-state index in [1.54, 1.807) is 40.9 Å². The van der Waals surface area contributed by atoms with E-state index in [1.807, 2.05) is 0 Å². The van der Waals surface area contributed by atoms with Crippen LogP contribution in [0.4, 0.5) is 4.39 Å². The second-order valence-electron chi connectivity index (χ2n) is 4.59. The summed E-state index contributed by atoms with van der Waals surface area (Å²) in [5.41, 5.74) is 1.69. The molecule has 2 aromatic heterocycles. The Bertz CT molecular complexity index is 812. The van der Waals surface area contributed by atoms with Crippen molar-refractivity contribution in [2.45, 2.75) is 6.61 Å². The molecular weight excluding hydrogens is 287 g/mol. The van der Waals surface area contributed by atoms with Crippen molar-refractivity contribution >= 4 is 11.6 Å². The van der Waals surface area contributed by atoms with Crippen LogP contribution in [0.3, 0.4) is 0 Å². The molecule has 0 radical (unpaired) electrons. The highest BCUT2D eigenvalue weighted by Gasteiger charge is 2.14. The number of imidazole rings is 1. The average molecular weight is 300 g/mol. The highest BCUT2D eigenvalue weighted by molar-refractivity contribution is 5.88. The van der Waals surface area contributed by atoms with Gasteiger partial charge >= 0.3 is 5.97 Å². The van der Waals surface area contributed by atoms with Crippen LogP contribution in [0.2, 0.25) is 0 Å². The molecule has 0 atom stereocenters. The summed E-state index contributed by atoms with van der Waals surface area (Å²) in [4.78, 5) is 16.1. The molecule has 0 saturated heterocycles. The molecule has 0 amide bonds. The molecule has 0 fully saturated rings. The van der Waals surface area contributed by atoms with Crippen LogP contribution in [-0.4, -0.2) is 22.5 Å². The minimum absolute atomic E-state index is 0.195. The van der Waals surface area contributed by atoms with Crippen molar-refractivity contribution in [3.8, 4) is 5.75 Å². The van der Waals surface area contributed by atoms with Crippen LogP contribution in [0.5, 0.6) is 5.75 Å². The van der Waals surface area contributed by atoms with Crippen LogP contribution in [0.25, 0.3) is 5.65 Å². The minimum Gasteiger partial charge on any atom is -0.487 e. The number of rotatable bonds is 4. The lowest BCUT2D eigenvalue weighted by molar-refractivity contribution is 0.0591. The van der Waals surface area contributed by atoms with Crippen molar-refractivity contribution in [2.75, 3.05) is 7.11 Å². The molecule has 0 N–H and O–H groups in total. The first kappa shape index (κ1) is 14.1. The number of halogens is 1. The SMILES string of the molecule is COC(=O)c1cccc2ncc(COc3ccc(F)cc3)n12. The van der Waals surface area contributed by atoms with Gasteiger partial charge in [-0.3, -0.25) is 4.40 Å². The van der Waals surface area contributed by atoms with E-state index in [1.165, 1.54) is 19.2 Å². The van der Waals surface area contributed by atoms with E-state index in [0.717, 1.165) is 0 Å². The zero-order valence-corrected chi connectivity index (χ0v) is 11.8. The van der Waals surface area contributed by atoms with Crippen LogP contribution >= 0.6 is 0 Å². The molecule has 0 aliphatic rings. The van der Waals surface area contributed by atoms with Gasteiger partial charge in [-0.25, -0.2) is 14.2 Å². The second-order valence-corrected chi connectivity index (χ2v) is 4.59. The lowest BCUT2D eigenvalue weighted by Crippen LogP contribution is -2.10. The second kappa shape index (κ2) is 5.85. The fraction of sp³-hybridized carbons (Fsp3) is 0.125. The Labute approximate surface area is 125 Å². The van der Waals surface area contributed by atoms with Crippen LogP contribution in [0.15, 0.2) is 48.7 Å². The molecule has 0 saturated carbocycles. The van der Waals surface area contributed by atoms with E-state index in [9.17, 15) is 9.18 Å². The van der Waals surface area contributed by atoms with Gasteiger partial charge in [-0.15, -0.1) is 0 Å². The van der Waals surface area contributed by atoms with Crippen LogP contribution in [-0.2, 0) is 11.3 Å². The molecule has 112 valence electrons. The highest BCUT2D eigenvalue weighted by Crippen LogP contribution is 2.16. The number of nitrogens with zero attached hydrogens (tertiary/aromatic N) is 2. The quantitative estimate of drug-likeness (QED) is 0.695. The monoisotopic (exact) mass is 300 g/mol. The third kappa shape index (κ3) is 2.63. The van der Waals surface area contributed by atoms with E-state index < -0.39 is 5.97 Å². The van der Waals surface area contributed by atoms with Gasteiger partial charge in [0.15, 0.2) is 0 Å². The van der Waals surface area contributed by atoms with E-state index >= 15 is 0 Å². The van der Waals surface area contributed by atoms with Gasteiger partial charge in [0, 0.05) is 0 Å². The highest BCUT2D eigenvalue weighted by atomic mass is 19.1. The van der Waals surface area contributed by atoms with Crippen molar-refractivity contribution in [3.63, 3.8) is 0 Å². The fourth-order valence-corrected chi connectivity index (χ4v) is 2.15. The number of pyridine rings is 1. The summed E-state index contributed by atoms with van der Waals surface area (Å²) in [5, 5.41) is 0. The van der Waals surface area contributed by atoms with Gasteiger partial charge in [0.1, 0.15) is 29.5 Å². The molecule has 3 rings (SSSR count). The molecule has 1 aromatic carbocycles. The number of aromatic nitrogens is 2. The van der Waals surface area contributed by atoms with E-state index in [4.69, 9.17) is 9.47 Å². The van der Waals surface area contributed by atoms with Crippen LogP contribution in [0.1, 0.15) is 16.2 Å². The van der Waals surface area contributed by atoms with Crippen molar-refractivity contribution in [1.29, 1.82) is 0 Å². The van der Waals surface area contributed by atoms with Gasteiger partial charge in [-0.1, -0.05) is 6.07 Å². The smallest absolute Gasteiger partial charge is 0.355 e. The number of esters is 1. The number of hydrogen-bond acceptors (Lipinski definition) is 4. The van der Waals surface area contributed by atoms with Crippen molar-refractivity contribution in [2.24, 2.45) is 0 Å². The maximum absolute atomic E-state index is 12.9. The minimum atomic E-state index is -0.452. The summed E-state index contributed by atoms with van der Waals surface area (Å²) >= 11 is 0. The summed E-state index contributed by atoms with van der Waals surface area (Å²) in [5.74, 6) is -0.242. The van der Waals surface area contributed by atoms with Crippen molar-refractivity contribution in [1.82, 2.24) is 9.38 Å². The Balaban J connectivity index is 1.90. The van der Waals surface area contributed by atoms with E-state index in [2.05, 4.69) is 4.98 Å². The summed E-state index contributed by atoms with van der Waals surface area (Å²) in [6.45, 7) is 0.195. The van der Waals surface area contributed by atoms with E-state index in [-0.39, 0.29) is 12.4 Å². The first-order valence-electron chi connectivity index (χ1n) is 6.61. The number of hydrogen-bond donors (Lipinski definition) is 0. The summed E-state index contributed by atoms with van der Waals surface area (Å²) in [7, 11) is 1.33. The third-order valence-electron chi connectivity index (χ3n) is 3.20. The molecule has 0 bridgehead atoms. The first-order valence-corrected chi connectivity index (χ1v) is 6.61. The largest absolute Gasteiger partial charge is 0.487 e. The zero-order valence-electron chi connectivity index (χ0n) is 11.8. The number of ether oxygens (including phenoxy) is 2. The Morgan fingerprint density at radius 3 is 2.73 bits per heavy atom. The maximum atomic E-state index is 12.9. The first-order chi connectivity index (χ1) is 10.7. The van der Waals surface area contributed by atoms with Crippen LogP contribution < -0.4 is 4.74 Å². The molecule has 0 unspecified atom stereocenters. The van der Waals surface area contributed by atoms with Gasteiger partial charge in [-0.2, -0.15) is 0 Å². The van der Waals surface area contributed by atoms with Gasteiger partial charge in [-0.05, 0) is 36.4 Å².